The molecule has 1 fully saturated rings. The molecule has 1 N–H and O–H groups in total. The number of aromatic nitrogens is 1. The molecule has 0 radical (unpaired) electrons. The number of hydrogen-bond donors (Lipinski definition) is 1. The number of carbonyl (C=O) groups excluding carboxylic acids is 2. The van der Waals surface area contributed by atoms with Crippen molar-refractivity contribution < 1.29 is 23.5 Å². The Morgan fingerprint density at radius 3 is 2.18 bits per heavy atom. The lowest BCUT2D eigenvalue weighted by molar-refractivity contribution is -0.132. The quantitative estimate of drug-likeness (QED) is 0.411. The van der Waals surface area contributed by atoms with Crippen molar-refractivity contribution in [2.45, 2.75) is 6.04 Å². The van der Waals surface area contributed by atoms with E-state index in [9.17, 15) is 23.5 Å². The van der Waals surface area contributed by atoms with Crippen molar-refractivity contribution in [1.82, 2.24) is 4.98 Å². The molecular weight excluding hydrogens is 386 g/mol. The highest BCUT2D eigenvalue weighted by molar-refractivity contribution is 7.14. The van der Waals surface area contributed by atoms with Gasteiger partial charge in [-0.2, -0.15) is 0 Å². The minimum absolute atomic E-state index is 0.168. The van der Waals surface area contributed by atoms with Crippen molar-refractivity contribution in [3.63, 3.8) is 0 Å². The van der Waals surface area contributed by atoms with Gasteiger partial charge in [0.05, 0.1) is 11.6 Å². The monoisotopic (exact) mass is 398 g/mol. The van der Waals surface area contributed by atoms with Crippen LogP contribution in [0, 0.1) is 11.6 Å². The number of Topliss-reactive ketones (excluding diaryl/α,β-unsaturated/α-hetero) is 1. The number of hydrogen-bond acceptors (Lipinski definition) is 5. The lowest BCUT2D eigenvalue weighted by atomic mass is 9.95. The Bertz CT molecular complexity index is 1080. The molecular formula is C20H12F2N2O3S. The van der Waals surface area contributed by atoms with Gasteiger partial charge in [-0.15, -0.1) is 11.3 Å². The van der Waals surface area contributed by atoms with Crippen LogP contribution >= 0.6 is 11.3 Å². The van der Waals surface area contributed by atoms with Gasteiger partial charge in [-0.05, 0) is 42.0 Å². The van der Waals surface area contributed by atoms with Gasteiger partial charge in [0.1, 0.15) is 17.4 Å². The van der Waals surface area contributed by atoms with Gasteiger partial charge in [-0.25, -0.2) is 13.8 Å². The molecule has 1 aliphatic heterocycles. The first-order valence-electron chi connectivity index (χ1n) is 8.19. The smallest absolute Gasteiger partial charge is 0.301 e. The van der Waals surface area contributed by atoms with Crippen LogP contribution in [0.25, 0.3) is 5.76 Å². The molecule has 1 amide bonds. The van der Waals surface area contributed by atoms with E-state index >= 15 is 0 Å². The van der Waals surface area contributed by atoms with Crippen LogP contribution in [0.1, 0.15) is 17.2 Å². The first kappa shape index (κ1) is 18.0. The van der Waals surface area contributed by atoms with Crippen molar-refractivity contribution in [3.8, 4) is 0 Å². The van der Waals surface area contributed by atoms with Crippen LogP contribution in [-0.4, -0.2) is 21.8 Å². The van der Waals surface area contributed by atoms with E-state index in [0.29, 0.717) is 5.56 Å². The number of nitrogens with zero attached hydrogens (tertiary/aromatic N) is 2. The summed E-state index contributed by atoms with van der Waals surface area (Å²) in [6.07, 6.45) is 1.49. The van der Waals surface area contributed by atoms with Crippen LogP contribution in [0.3, 0.4) is 0 Å². The summed E-state index contributed by atoms with van der Waals surface area (Å²) in [5.41, 5.74) is 0.448. The van der Waals surface area contributed by atoms with Crippen LogP contribution in [0.5, 0.6) is 0 Å². The van der Waals surface area contributed by atoms with E-state index in [1.165, 1.54) is 47.5 Å². The van der Waals surface area contributed by atoms with Crippen molar-refractivity contribution >= 4 is 33.9 Å². The molecule has 2 heterocycles. The zero-order valence-corrected chi connectivity index (χ0v) is 15.0. The first-order chi connectivity index (χ1) is 13.5. The fraction of sp³-hybridized carbons (Fsp3) is 0.0500. The van der Waals surface area contributed by atoms with Crippen LogP contribution < -0.4 is 4.90 Å². The number of ketones is 1. The minimum atomic E-state index is -0.989. The molecule has 1 atom stereocenters. The Hall–Kier alpha value is -3.39. The van der Waals surface area contributed by atoms with Gasteiger partial charge in [0.15, 0.2) is 5.13 Å². The zero-order valence-electron chi connectivity index (χ0n) is 14.2. The van der Waals surface area contributed by atoms with Gasteiger partial charge >= 0.3 is 5.91 Å². The average Bonchev–Trinajstić information content (AvgIpc) is 3.30. The molecule has 4 rings (SSSR count). The first-order valence-corrected chi connectivity index (χ1v) is 9.07. The largest absolute Gasteiger partial charge is 0.507 e. The number of rotatable bonds is 3. The second kappa shape index (κ2) is 6.97. The van der Waals surface area contributed by atoms with Crippen LogP contribution in [-0.2, 0) is 9.59 Å². The van der Waals surface area contributed by atoms with Gasteiger partial charge < -0.3 is 5.11 Å². The maximum Gasteiger partial charge on any atom is 0.301 e. The molecule has 3 aromatic rings. The molecule has 8 heteroatoms. The second-order valence-corrected chi connectivity index (χ2v) is 6.92. The molecule has 0 aliphatic carbocycles. The zero-order chi connectivity index (χ0) is 19.8. The van der Waals surface area contributed by atoms with E-state index in [1.54, 1.807) is 5.38 Å². The van der Waals surface area contributed by atoms with E-state index in [-0.39, 0.29) is 16.3 Å². The predicted octanol–water partition coefficient (Wildman–Crippen LogP) is 4.05. The van der Waals surface area contributed by atoms with Gasteiger partial charge in [-0.3, -0.25) is 14.5 Å². The summed E-state index contributed by atoms with van der Waals surface area (Å²) in [6.45, 7) is 0. The number of benzene rings is 2. The van der Waals surface area contributed by atoms with Crippen LogP contribution in [0.4, 0.5) is 13.9 Å². The van der Waals surface area contributed by atoms with Crippen molar-refractivity contribution in [2.24, 2.45) is 0 Å². The lowest BCUT2D eigenvalue weighted by Crippen LogP contribution is -2.29. The topological polar surface area (TPSA) is 70.5 Å². The summed E-state index contributed by atoms with van der Waals surface area (Å²) >= 11 is 1.15. The van der Waals surface area contributed by atoms with E-state index in [2.05, 4.69) is 4.98 Å². The summed E-state index contributed by atoms with van der Waals surface area (Å²) in [5.74, 6) is -3.17. The maximum absolute atomic E-state index is 13.4. The molecule has 140 valence electrons. The van der Waals surface area contributed by atoms with Gasteiger partial charge in [0, 0.05) is 17.1 Å². The summed E-state index contributed by atoms with van der Waals surface area (Å²) in [5, 5.41) is 12.7. The Morgan fingerprint density at radius 2 is 1.61 bits per heavy atom. The van der Waals surface area contributed by atoms with E-state index in [1.807, 2.05) is 0 Å². The average molecular weight is 398 g/mol. The van der Waals surface area contributed by atoms with Crippen molar-refractivity contribution in [1.29, 1.82) is 0 Å². The molecule has 0 saturated carbocycles. The summed E-state index contributed by atoms with van der Waals surface area (Å²) < 4.78 is 26.6. The van der Waals surface area contributed by atoms with Gasteiger partial charge in [-0.1, -0.05) is 12.1 Å². The molecule has 2 aromatic carbocycles. The maximum atomic E-state index is 13.4. The minimum Gasteiger partial charge on any atom is -0.507 e. The third kappa shape index (κ3) is 2.97. The van der Waals surface area contributed by atoms with Crippen LogP contribution in [0.15, 0.2) is 65.7 Å². The van der Waals surface area contributed by atoms with Crippen molar-refractivity contribution in [3.05, 3.63) is 88.4 Å². The summed E-state index contributed by atoms with van der Waals surface area (Å²) in [4.78, 5) is 30.8. The SMILES string of the molecule is O=C1C(=O)N(c2nccs2)[C@H](c2ccc(F)cc2)/C1=C(\O)c1ccc(F)cc1. The Balaban J connectivity index is 1.93. The molecule has 1 saturated heterocycles. The highest BCUT2D eigenvalue weighted by atomic mass is 32.1. The van der Waals surface area contributed by atoms with E-state index in [4.69, 9.17) is 0 Å². The van der Waals surface area contributed by atoms with Gasteiger partial charge in [0.2, 0.25) is 0 Å². The van der Waals surface area contributed by atoms with E-state index in [0.717, 1.165) is 23.5 Å². The highest BCUT2D eigenvalue weighted by Gasteiger charge is 2.47. The molecule has 1 aliphatic rings. The molecule has 1 aromatic heterocycles. The standard InChI is InChI=1S/C20H12F2N2O3S/c21-13-5-1-11(2-6-13)16-15(17(25)12-3-7-14(22)8-4-12)18(26)19(27)24(16)20-23-9-10-28-20/h1-10,16,25H/b17-15+/t16-/m1/s1. The number of anilines is 1. The fourth-order valence-electron chi connectivity index (χ4n) is 3.09. The number of aliphatic hydroxyl groups is 1. The molecule has 0 unspecified atom stereocenters. The normalized spacial score (nSPS) is 18.6. The molecule has 5 nitrogen and oxygen atoms in total. The molecule has 0 bridgehead atoms. The third-order valence-corrected chi connectivity index (χ3v) is 5.14. The molecule has 0 spiro atoms. The Kier molecular flexibility index (Phi) is 4.48. The number of halogens is 2. The van der Waals surface area contributed by atoms with E-state index < -0.39 is 35.1 Å². The third-order valence-electron chi connectivity index (χ3n) is 4.37. The molecule has 28 heavy (non-hydrogen) atoms. The predicted molar refractivity (Wildman–Crippen MR) is 99.7 cm³/mol. The Labute approximate surface area is 162 Å². The van der Waals surface area contributed by atoms with Crippen molar-refractivity contribution in [2.75, 3.05) is 4.90 Å². The summed E-state index contributed by atoms with van der Waals surface area (Å²) in [6, 6.07) is 9.18. The number of thiazole rings is 1. The van der Waals surface area contributed by atoms with Gasteiger partial charge in [0.25, 0.3) is 5.78 Å². The second-order valence-electron chi connectivity index (χ2n) is 6.04. The highest BCUT2D eigenvalue weighted by Crippen LogP contribution is 2.42. The number of aliphatic hydroxyl groups excluding tert-OH is 1. The van der Waals surface area contributed by atoms with Crippen LogP contribution in [0.2, 0.25) is 0 Å². The summed E-state index contributed by atoms with van der Waals surface area (Å²) in [7, 11) is 0. The Morgan fingerprint density at radius 1 is 1.00 bits per heavy atom. The lowest BCUT2D eigenvalue weighted by Gasteiger charge is -2.22. The number of amides is 1. The number of carbonyl (C=O) groups is 2. The fourth-order valence-corrected chi connectivity index (χ4v) is 3.76.